The van der Waals surface area contributed by atoms with Crippen molar-refractivity contribution in [1.82, 2.24) is 15.0 Å². The third kappa shape index (κ3) is 4.85. The molecule has 35 heavy (non-hydrogen) atoms. The van der Waals surface area contributed by atoms with Gasteiger partial charge in [0.15, 0.2) is 5.82 Å². The van der Waals surface area contributed by atoms with E-state index in [-0.39, 0.29) is 24.4 Å². The summed E-state index contributed by atoms with van der Waals surface area (Å²) in [6, 6.07) is 18.5. The molecule has 0 aliphatic carbocycles. The Morgan fingerprint density at radius 1 is 1.06 bits per heavy atom. The molecule has 182 valence electrons. The van der Waals surface area contributed by atoms with Crippen LogP contribution in [0.5, 0.6) is 0 Å². The third-order valence-corrected chi connectivity index (χ3v) is 6.17. The zero-order valence-electron chi connectivity index (χ0n) is 19.6. The first-order valence-corrected chi connectivity index (χ1v) is 11.5. The van der Waals surface area contributed by atoms with Crippen LogP contribution in [0.3, 0.4) is 0 Å². The van der Waals surface area contributed by atoms with Crippen molar-refractivity contribution < 1.29 is 19.4 Å². The summed E-state index contributed by atoms with van der Waals surface area (Å²) in [4.78, 5) is 7.73. The van der Waals surface area contributed by atoms with E-state index < -0.39 is 5.82 Å². The van der Waals surface area contributed by atoms with Crippen molar-refractivity contribution in [3.8, 4) is 22.4 Å². The molecule has 1 saturated heterocycles. The van der Waals surface area contributed by atoms with E-state index >= 15 is 0 Å². The lowest BCUT2D eigenvalue weighted by molar-refractivity contribution is 0.0588. The molecule has 1 aliphatic rings. The highest BCUT2D eigenvalue weighted by atomic mass is 19.1. The van der Waals surface area contributed by atoms with Crippen LogP contribution in [0.15, 0.2) is 60.7 Å². The maximum absolute atomic E-state index is 14.9. The van der Waals surface area contributed by atoms with Crippen LogP contribution in [0.2, 0.25) is 0 Å². The van der Waals surface area contributed by atoms with Gasteiger partial charge in [-0.3, -0.25) is 5.21 Å². The molecule has 2 aromatic heterocycles. The van der Waals surface area contributed by atoms with Gasteiger partial charge in [-0.15, -0.1) is 0 Å². The number of hydrogen-bond donors (Lipinski definition) is 4. The average molecular weight is 478 g/mol. The normalized spacial score (nSPS) is 17.9. The predicted molar refractivity (Wildman–Crippen MR) is 134 cm³/mol. The van der Waals surface area contributed by atoms with E-state index in [4.69, 9.17) is 4.74 Å². The van der Waals surface area contributed by atoms with Gasteiger partial charge in [0.2, 0.25) is 0 Å². The lowest BCUT2D eigenvalue weighted by Gasteiger charge is -2.23. The molecule has 0 saturated carbocycles. The molecule has 1 aliphatic heterocycles. The van der Waals surface area contributed by atoms with Crippen LogP contribution in [0.1, 0.15) is 6.42 Å². The smallest absolute Gasteiger partial charge is 0.151 e. The number of anilines is 2. The summed E-state index contributed by atoms with van der Waals surface area (Å²) < 4.78 is 20.4. The van der Waals surface area contributed by atoms with Crippen LogP contribution in [-0.4, -0.2) is 64.7 Å². The van der Waals surface area contributed by atoms with Crippen molar-refractivity contribution >= 4 is 22.5 Å². The number of hydrogen-bond acceptors (Lipinski definition) is 7. The van der Waals surface area contributed by atoms with Crippen LogP contribution in [-0.2, 0) is 4.74 Å². The first-order chi connectivity index (χ1) is 16.9. The number of aromatic nitrogens is 2. The fourth-order valence-corrected chi connectivity index (χ4v) is 4.30. The number of rotatable bonds is 7. The second-order valence-corrected chi connectivity index (χ2v) is 8.91. The molecule has 3 heterocycles. The molecule has 0 radical (unpaired) electrons. The van der Waals surface area contributed by atoms with Crippen LogP contribution in [0.4, 0.5) is 15.9 Å². The van der Waals surface area contributed by atoms with E-state index in [0.717, 1.165) is 22.1 Å². The summed E-state index contributed by atoms with van der Waals surface area (Å²) in [5, 5.41) is 25.2. The van der Waals surface area contributed by atoms with E-state index in [1.807, 2.05) is 54.6 Å². The summed E-state index contributed by atoms with van der Waals surface area (Å²) in [6.07, 6.45) is 0.560. The van der Waals surface area contributed by atoms with Crippen molar-refractivity contribution in [1.29, 1.82) is 0 Å². The standard InChI is InChI=1S/C26H28FN5O3/c1-31(2)32(34)20-9-7-17(8-10-20)16-3-5-18(6-4-16)26-22(27)12-23-24(30-26)13-25(29-23)28-19-11-21(14-33)35-15-19/h3-10,12-13,19,21,28-29,33-34H,11,14-15H2,1-2H3. The number of nitrogens with zero attached hydrogens (tertiary/aromatic N) is 3. The number of ether oxygens (including phenoxy) is 1. The van der Waals surface area contributed by atoms with E-state index in [1.54, 1.807) is 19.1 Å². The second kappa shape index (κ2) is 9.63. The Morgan fingerprint density at radius 3 is 2.34 bits per heavy atom. The first-order valence-electron chi connectivity index (χ1n) is 11.5. The van der Waals surface area contributed by atoms with Gasteiger partial charge in [-0.1, -0.05) is 36.4 Å². The highest BCUT2D eigenvalue weighted by Crippen LogP contribution is 2.30. The molecule has 0 bridgehead atoms. The summed E-state index contributed by atoms with van der Waals surface area (Å²) in [6.45, 7) is 0.513. The van der Waals surface area contributed by atoms with Gasteiger partial charge in [0.1, 0.15) is 11.5 Å². The van der Waals surface area contributed by atoms with E-state index in [9.17, 15) is 14.7 Å². The van der Waals surface area contributed by atoms with E-state index in [1.165, 1.54) is 6.07 Å². The number of halogens is 1. The number of hydrazine groups is 1. The van der Waals surface area contributed by atoms with Gasteiger partial charge in [0.25, 0.3) is 0 Å². The zero-order chi connectivity index (χ0) is 24.5. The number of aliphatic hydroxyl groups is 1. The molecular formula is C26H28FN5O3. The maximum atomic E-state index is 14.9. The summed E-state index contributed by atoms with van der Waals surface area (Å²) >= 11 is 0. The summed E-state index contributed by atoms with van der Waals surface area (Å²) in [5.41, 5.74) is 4.86. The van der Waals surface area contributed by atoms with Crippen molar-refractivity contribution in [3.05, 3.63) is 66.5 Å². The lowest BCUT2D eigenvalue weighted by Crippen LogP contribution is -2.33. The monoisotopic (exact) mass is 477 g/mol. The molecule has 8 nitrogen and oxygen atoms in total. The third-order valence-electron chi connectivity index (χ3n) is 6.17. The van der Waals surface area contributed by atoms with Crippen molar-refractivity contribution in [2.75, 3.05) is 37.8 Å². The number of nitrogens with one attached hydrogen (secondary N) is 2. The van der Waals surface area contributed by atoms with Crippen LogP contribution in [0, 0.1) is 5.82 Å². The van der Waals surface area contributed by atoms with Gasteiger partial charge in [0, 0.05) is 31.8 Å². The first kappa shape index (κ1) is 23.3. The van der Waals surface area contributed by atoms with Gasteiger partial charge in [-0.2, -0.15) is 5.17 Å². The second-order valence-electron chi connectivity index (χ2n) is 8.91. The molecule has 0 amide bonds. The average Bonchev–Trinajstić information content (AvgIpc) is 3.49. The SMILES string of the molecule is CN(C)N(O)c1ccc(-c2ccc(-c3nc4cc(NC5COC(CO)C5)[nH]c4cc3F)cc2)cc1. The van der Waals surface area contributed by atoms with Gasteiger partial charge >= 0.3 is 0 Å². The zero-order valence-corrected chi connectivity index (χ0v) is 19.6. The molecule has 2 atom stereocenters. The van der Waals surface area contributed by atoms with Gasteiger partial charge in [-0.05, 0) is 29.7 Å². The Labute approximate surface area is 202 Å². The molecule has 5 rings (SSSR count). The summed E-state index contributed by atoms with van der Waals surface area (Å²) in [5.74, 6) is 0.338. The molecule has 2 aromatic carbocycles. The van der Waals surface area contributed by atoms with E-state index in [0.29, 0.717) is 35.3 Å². The Balaban J connectivity index is 1.35. The van der Waals surface area contributed by atoms with Gasteiger partial charge in [0.05, 0.1) is 42.1 Å². The van der Waals surface area contributed by atoms with Crippen molar-refractivity contribution in [3.63, 3.8) is 0 Å². The minimum atomic E-state index is -0.403. The minimum absolute atomic E-state index is 0.00280. The number of H-pyrrole nitrogens is 1. The Bertz CT molecular complexity index is 1310. The van der Waals surface area contributed by atoms with Gasteiger partial charge in [-0.25, -0.2) is 14.4 Å². The number of aromatic amines is 1. The van der Waals surface area contributed by atoms with Crippen LogP contribution in [0.25, 0.3) is 33.4 Å². The number of fused-ring (bicyclic) bond motifs is 1. The van der Waals surface area contributed by atoms with Crippen LogP contribution < -0.4 is 10.5 Å². The number of aliphatic hydroxyl groups excluding tert-OH is 1. The molecule has 2 unspecified atom stereocenters. The van der Waals surface area contributed by atoms with Crippen molar-refractivity contribution in [2.24, 2.45) is 0 Å². The quantitative estimate of drug-likeness (QED) is 0.295. The molecule has 9 heteroatoms. The molecule has 0 spiro atoms. The predicted octanol–water partition coefficient (Wildman–Crippen LogP) is 4.27. The molecule has 4 N–H and O–H groups in total. The summed E-state index contributed by atoms with van der Waals surface area (Å²) in [7, 11) is 3.50. The Hall–Kier alpha value is -3.50. The molecular weight excluding hydrogens is 449 g/mol. The highest BCUT2D eigenvalue weighted by Gasteiger charge is 2.25. The lowest BCUT2D eigenvalue weighted by atomic mass is 10.0. The minimum Gasteiger partial charge on any atom is -0.394 e. The largest absolute Gasteiger partial charge is 0.394 e. The fourth-order valence-electron chi connectivity index (χ4n) is 4.30. The molecule has 4 aromatic rings. The topological polar surface area (TPSA) is 96.9 Å². The highest BCUT2D eigenvalue weighted by molar-refractivity contribution is 5.83. The Kier molecular flexibility index (Phi) is 6.40. The van der Waals surface area contributed by atoms with E-state index in [2.05, 4.69) is 15.3 Å². The Morgan fingerprint density at radius 2 is 1.71 bits per heavy atom. The van der Waals surface area contributed by atoms with Crippen LogP contribution >= 0.6 is 0 Å². The maximum Gasteiger partial charge on any atom is 0.151 e. The molecule has 1 fully saturated rings. The fraction of sp³-hybridized carbons (Fsp3) is 0.269. The van der Waals surface area contributed by atoms with Gasteiger partial charge < -0.3 is 20.1 Å². The number of pyridine rings is 1. The van der Waals surface area contributed by atoms with Crippen molar-refractivity contribution in [2.45, 2.75) is 18.6 Å². The number of benzene rings is 2.